The Morgan fingerprint density at radius 1 is 0.804 bits per heavy atom. The number of anilines is 1. The molecular formula is C39H36N4O3. The average molecular weight is 609 g/mol. The van der Waals surface area contributed by atoms with E-state index in [9.17, 15) is 14.4 Å². The molecule has 1 aromatic heterocycles. The molecule has 1 aliphatic heterocycles. The number of carbonyl (C=O) groups excluding carboxylic acids is 3. The predicted octanol–water partition coefficient (Wildman–Crippen LogP) is 5.76. The van der Waals surface area contributed by atoms with Gasteiger partial charge in [-0.3, -0.25) is 24.3 Å². The number of primary amides is 1. The average Bonchev–Trinajstić information content (AvgIpc) is 3.36. The van der Waals surface area contributed by atoms with Crippen LogP contribution in [0.1, 0.15) is 52.0 Å². The maximum absolute atomic E-state index is 13.2. The SMILES string of the molecule is CC1(C)C(C(=O)C=O)N(c2ccc(C(c3ccccc3)(c3ccccc3)c3ccccc3)cc2)CN1Cc1ccncc1C(N)=O. The van der Waals surface area contributed by atoms with Gasteiger partial charge in [-0.25, -0.2) is 0 Å². The van der Waals surface area contributed by atoms with E-state index in [-0.39, 0.29) is 0 Å². The molecule has 2 heterocycles. The quantitative estimate of drug-likeness (QED) is 0.123. The van der Waals surface area contributed by atoms with Crippen LogP contribution < -0.4 is 10.6 Å². The first-order chi connectivity index (χ1) is 22.3. The summed E-state index contributed by atoms with van der Waals surface area (Å²) in [6.07, 6.45) is 3.49. The molecule has 1 saturated heterocycles. The molecule has 0 bridgehead atoms. The smallest absolute Gasteiger partial charge is 0.250 e. The number of pyridine rings is 1. The zero-order valence-corrected chi connectivity index (χ0v) is 25.9. The molecule has 2 N–H and O–H groups in total. The third-order valence-corrected chi connectivity index (χ3v) is 9.29. The number of hydrogen-bond donors (Lipinski definition) is 1. The highest BCUT2D eigenvalue weighted by Gasteiger charge is 2.50. The summed E-state index contributed by atoms with van der Waals surface area (Å²) in [5, 5.41) is 0. The van der Waals surface area contributed by atoms with Gasteiger partial charge < -0.3 is 10.6 Å². The number of amides is 1. The van der Waals surface area contributed by atoms with E-state index in [1.165, 1.54) is 6.20 Å². The molecule has 0 aliphatic carbocycles. The Morgan fingerprint density at radius 3 is 1.78 bits per heavy atom. The van der Waals surface area contributed by atoms with Crippen molar-refractivity contribution in [3.8, 4) is 0 Å². The van der Waals surface area contributed by atoms with Crippen LogP contribution in [0.2, 0.25) is 0 Å². The first-order valence-corrected chi connectivity index (χ1v) is 15.3. The Labute approximate surface area is 269 Å². The van der Waals surface area contributed by atoms with Crippen molar-refractivity contribution in [2.24, 2.45) is 5.73 Å². The van der Waals surface area contributed by atoms with Gasteiger partial charge in [0.05, 0.1) is 17.6 Å². The normalized spacial score (nSPS) is 16.2. The van der Waals surface area contributed by atoms with Gasteiger partial charge in [0, 0.05) is 30.2 Å². The maximum Gasteiger partial charge on any atom is 0.250 e. The summed E-state index contributed by atoms with van der Waals surface area (Å²) in [7, 11) is 0. The highest BCUT2D eigenvalue weighted by atomic mass is 16.2. The zero-order valence-electron chi connectivity index (χ0n) is 25.9. The van der Waals surface area contributed by atoms with Crippen molar-refractivity contribution in [3.05, 3.63) is 167 Å². The Morgan fingerprint density at radius 2 is 1.30 bits per heavy atom. The number of aldehydes is 1. The molecule has 1 unspecified atom stereocenters. The molecule has 1 amide bonds. The van der Waals surface area contributed by atoms with E-state index in [1.807, 2.05) is 49.1 Å². The number of carbonyl (C=O) groups is 3. The number of benzene rings is 4. The van der Waals surface area contributed by atoms with Crippen LogP contribution in [0, 0.1) is 0 Å². The number of nitrogens with two attached hydrogens (primary N) is 1. The summed E-state index contributed by atoms with van der Waals surface area (Å²) in [6, 6.07) is 40.7. The van der Waals surface area contributed by atoms with Crippen LogP contribution in [-0.2, 0) is 21.5 Å². The first-order valence-electron chi connectivity index (χ1n) is 15.3. The molecule has 7 nitrogen and oxygen atoms in total. The second-order valence-electron chi connectivity index (χ2n) is 12.2. The van der Waals surface area contributed by atoms with Gasteiger partial charge in [-0.2, -0.15) is 0 Å². The van der Waals surface area contributed by atoms with Crippen molar-refractivity contribution < 1.29 is 14.4 Å². The molecule has 7 heteroatoms. The van der Waals surface area contributed by atoms with Gasteiger partial charge in [-0.15, -0.1) is 0 Å². The second kappa shape index (κ2) is 12.5. The van der Waals surface area contributed by atoms with Crippen LogP contribution in [0.15, 0.2) is 134 Å². The molecule has 46 heavy (non-hydrogen) atoms. The Kier molecular flexibility index (Phi) is 8.35. The molecular weight excluding hydrogens is 572 g/mol. The molecule has 0 radical (unpaired) electrons. The van der Waals surface area contributed by atoms with Crippen LogP contribution in [0.5, 0.6) is 0 Å². The summed E-state index contributed by atoms with van der Waals surface area (Å²) >= 11 is 0. The topological polar surface area (TPSA) is 96.6 Å². The maximum atomic E-state index is 13.2. The predicted molar refractivity (Wildman–Crippen MR) is 179 cm³/mol. The molecule has 230 valence electrons. The highest BCUT2D eigenvalue weighted by molar-refractivity contribution is 6.29. The number of aromatic nitrogens is 1. The molecule has 0 spiro atoms. The molecule has 1 aliphatic rings. The van der Waals surface area contributed by atoms with Gasteiger partial charge in [0.1, 0.15) is 6.04 Å². The molecule has 5 aromatic rings. The van der Waals surface area contributed by atoms with E-state index in [1.54, 1.807) is 12.3 Å². The van der Waals surface area contributed by atoms with Crippen LogP contribution >= 0.6 is 0 Å². The Bertz CT molecular complexity index is 1740. The van der Waals surface area contributed by atoms with E-state index < -0.39 is 28.7 Å². The monoisotopic (exact) mass is 608 g/mol. The van der Waals surface area contributed by atoms with Crippen molar-refractivity contribution >= 4 is 23.7 Å². The molecule has 0 saturated carbocycles. The molecule has 1 fully saturated rings. The van der Waals surface area contributed by atoms with E-state index in [2.05, 4.69) is 94.8 Å². The molecule has 4 aromatic carbocycles. The van der Waals surface area contributed by atoms with Gasteiger partial charge in [0.2, 0.25) is 5.78 Å². The summed E-state index contributed by atoms with van der Waals surface area (Å²) in [5.41, 5.74) is 10.6. The summed E-state index contributed by atoms with van der Waals surface area (Å²) < 4.78 is 0. The summed E-state index contributed by atoms with van der Waals surface area (Å²) in [6.45, 7) is 4.61. The third-order valence-electron chi connectivity index (χ3n) is 9.29. The van der Waals surface area contributed by atoms with E-state index in [0.29, 0.717) is 30.6 Å². The second-order valence-corrected chi connectivity index (χ2v) is 12.2. The fraction of sp³-hybridized carbons (Fsp3) is 0.179. The lowest BCUT2D eigenvalue weighted by Crippen LogP contribution is -2.51. The minimum absolute atomic E-state index is 0.332. The summed E-state index contributed by atoms with van der Waals surface area (Å²) in [4.78, 5) is 45.5. The number of rotatable bonds is 10. The van der Waals surface area contributed by atoms with Crippen LogP contribution in [0.4, 0.5) is 5.69 Å². The fourth-order valence-corrected chi connectivity index (χ4v) is 7.01. The van der Waals surface area contributed by atoms with Crippen molar-refractivity contribution in [2.75, 3.05) is 11.6 Å². The van der Waals surface area contributed by atoms with Gasteiger partial charge >= 0.3 is 0 Å². The summed E-state index contributed by atoms with van der Waals surface area (Å²) in [5.74, 6) is -1.07. The first kappa shape index (κ1) is 30.6. The van der Waals surface area contributed by atoms with Crippen molar-refractivity contribution in [1.29, 1.82) is 0 Å². The Hall–Kier alpha value is -5.40. The van der Waals surface area contributed by atoms with Crippen molar-refractivity contribution in [1.82, 2.24) is 9.88 Å². The lowest BCUT2D eigenvalue weighted by Gasteiger charge is -2.37. The zero-order chi connectivity index (χ0) is 32.3. The Balaban J connectivity index is 1.45. The largest absolute Gasteiger partial charge is 0.366 e. The van der Waals surface area contributed by atoms with Crippen molar-refractivity contribution in [3.63, 3.8) is 0 Å². The van der Waals surface area contributed by atoms with E-state index >= 15 is 0 Å². The van der Waals surface area contributed by atoms with E-state index in [4.69, 9.17) is 5.73 Å². The van der Waals surface area contributed by atoms with Crippen LogP contribution in [-0.4, -0.2) is 46.1 Å². The number of nitrogens with zero attached hydrogens (tertiary/aromatic N) is 3. The minimum Gasteiger partial charge on any atom is -0.366 e. The van der Waals surface area contributed by atoms with Gasteiger partial charge in [0.15, 0.2) is 6.29 Å². The molecule has 1 atom stereocenters. The van der Waals surface area contributed by atoms with Crippen LogP contribution in [0.25, 0.3) is 0 Å². The number of hydrogen-bond acceptors (Lipinski definition) is 6. The van der Waals surface area contributed by atoms with Crippen molar-refractivity contribution in [2.45, 2.75) is 37.4 Å². The van der Waals surface area contributed by atoms with Gasteiger partial charge in [0.25, 0.3) is 5.91 Å². The van der Waals surface area contributed by atoms with E-state index in [0.717, 1.165) is 27.9 Å². The lowest BCUT2D eigenvalue weighted by atomic mass is 9.65. The number of Topliss-reactive ketones (excluding diaryl/α,β-unsaturated/α-hetero) is 1. The van der Waals surface area contributed by atoms with Gasteiger partial charge in [-0.05, 0) is 59.9 Å². The van der Waals surface area contributed by atoms with Crippen LogP contribution in [0.3, 0.4) is 0 Å². The lowest BCUT2D eigenvalue weighted by molar-refractivity contribution is -0.131. The van der Waals surface area contributed by atoms with Gasteiger partial charge in [-0.1, -0.05) is 103 Å². The number of ketones is 1. The molecule has 6 rings (SSSR count). The third kappa shape index (κ3) is 5.29. The highest BCUT2D eigenvalue weighted by Crippen LogP contribution is 2.46. The minimum atomic E-state index is -0.739. The standard InChI is InChI=1S/C39H36N4O3/c1-38(2)36(35(45)26-44)43(27-42(38)25-28-22-23-41-24-34(28)37(40)46)33-20-18-32(19-21-33)39(29-12-6-3-7-13-29,30-14-8-4-9-15-30)31-16-10-5-11-17-31/h3-24,26,36H,25,27H2,1-2H3,(H2,40,46). The fourth-order valence-electron chi connectivity index (χ4n) is 7.01.